The fourth-order valence-corrected chi connectivity index (χ4v) is 2.93. The number of rotatable bonds is 8. The number of carbonyl (C=O) groups is 2. The summed E-state index contributed by atoms with van der Waals surface area (Å²) in [6.07, 6.45) is 6.30. The fraction of sp³-hybridized carbons (Fsp3) is 0.167. The highest BCUT2D eigenvalue weighted by molar-refractivity contribution is 6.06. The van der Waals surface area contributed by atoms with Crippen LogP contribution in [0, 0.1) is 0 Å². The smallest absolute Gasteiger partial charge is 0.339 e. The van der Waals surface area contributed by atoms with Crippen LogP contribution in [-0.4, -0.2) is 22.0 Å². The second-order valence-corrected chi connectivity index (χ2v) is 6.74. The van der Waals surface area contributed by atoms with Crippen LogP contribution in [-0.2, 0) is 6.42 Å². The summed E-state index contributed by atoms with van der Waals surface area (Å²) in [6, 6.07) is 15.2. The van der Waals surface area contributed by atoms with E-state index in [1.807, 2.05) is 24.3 Å². The van der Waals surface area contributed by atoms with Crippen molar-refractivity contribution in [3.63, 3.8) is 0 Å². The van der Waals surface area contributed by atoms with Crippen molar-refractivity contribution in [2.24, 2.45) is 0 Å². The lowest BCUT2D eigenvalue weighted by molar-refractivity contribution is 0.0693. The summed E-state index contributed by atoms with van der Waals surface area (Å²) in [5.41, 5.74) is 2.15. The normalized spacial score (nSPS) is 11.1. The van der Waals surface area contributed by atoms with Gasteiger partial charge in [-0.2, -0.15) is 0 Å². The number of allylic oxidation sites excluding steroid dienone is 1. The van der Waals surface area contributed by atoms with Gasteiger partial charge >= 0.3 is 5.97 Å². The average molecular weight is 390 g/mol. The van der Waals surface area contributed by atoms with E-state index in [2.05, 4.69) is 6.92 Å². The van der Waals surface area contributed by atoms with Crippen molar-refractivity contribution in [1.82, 2.24) is 0 Å². The van der Waals surface area contributed by atoms with E-state index < -0.39 is 5.97 Å². The van der Waals surface area contributed by atoms with Crippen molar-refractivity contribution in [2.75, 3.05) is 0 Å². The second kappa shape index (κ2) is 9.06. The van der Waals surface area contributed by atoms with Crippen molar-refractivity contribution >= 4 is 17.8 Å². The van der Waals surface area contributed by atoms with E-state index in [-0.39, 0.29) is 17.1 Å². The minimum absolute atomic E-state index is 0.122. The Balaban J connectivity index is 1.71. The van der Waals surface area contributed by atoms with Crippen LogP contribution >= 0.6 is 0 Å². The second-order valence-electron chi connectivity index (χ2n) is 6.74. The van der Waals surface area contributed by atoms with Gasteiger partial charge in [0.05, 0.1) is 0 Å². The molecule has 0 atom stereocenters. The van der Waals surface area contributed by atoms with Gasteiger partial charge in [0, 0.05) is 11.1 Å². The van der Waals surface area contributed by atoms with Crippen molar-refractivity contribution < 1.29 is 24.2 Å². The first-order valence-electron chi connectivity index (χ1n) is 9.46. The molecule has 29 heavy (non-hydrogen) atoms. The minimum atomic E-state index is -1.22. The number of benzene rings is 2. The summed E-state index contributed by atoms with van der Waals surface area (Å²) in [7, 11) is 0. The highest BCUT2D eigenvalue weighted by Crippen LogP contribution is 2.28. The first-order chi connectivity index (χ1) is 14.0. The molecule has 0 bridgehead atoms. The van der Waals surface area contributed by atoms with Gasteiger partial charge in [0.25, 0.3) is 0 Å². The van der Waals surface area contributed by atoms with Crippen LogP contribution in [0.1, 0.15) is 51.8 Å². The maximum atomic E-state index is 12.4. The van der Waals surface area contributed by atoms with Crippen LogP contribution in [0.4, 0.5) is 0 Å². The number of hydrogen-bond donors (Lipinski definition) is 2. The third-order valence-corrected chi connectivity index (χ3v) is 4.59. The Hall–Kier alpha value is -3.60. The van der Waals surface area contributed by atoms with Gasteiger partial charge < -0.3 is 14.6 Å². The molecule has 2 aromatic carbocycles. The van der Waals surface area contributed by atoms with Gasteiger partial charge in [0.2, 0.25) is 0 Å². The van der Waals surface area contributed by atoms with Crippen LogP contribution in [0.5, 0.6) is 5.75 Å². The monoisotopic (exact) mass is 390 g/mol. The third-order valence-electron chi connectivity index (χ3n) is 4.59. The molecule has 2 N–H and O–H groups in total. The van der Waals surface area contributed by atoms with Crippen molar-refractivity contribution in [3.05, 3.63) is 83.1 Å². The Labute approximate surface area is 168 Å². The molecule has 3 rings (SSSR count). The zero-order valence-electron chi connectivity index (χ0n) is 16.1. The third kappa shape index (κ3) is 5.02. The van der Waals surface area contributed by atoms with Gasteiger partial charge in [0.1, 0.15) is 22.8 Å². The maximum Gasteiger partial charge on any atom is 0.339 e. The first-order valence-corrected chi connectivity index (χ1v) is 9.46. The molecule has 0 spiro atoms. The average Bonchev–Trinajstić information content (AvgIpc) is 3.20. The van der Waals surface area contributed by atoms with E-state index in [1.165, 1.54) is 23.8 Å². The summed E-state index contributed by atoms with van der Waals surface area (Å²) < 4.78 is 5.68. The van der Waals surface area contributed by atoms with Gasteiger partial charge in [-0.05, 0) is 60.9 Å². The zero-order chi connectivity index (χ0) is 20.8. The molecule has 0 saturated heterocycles. The predicted octanol–water partition coefficient (Wildman–Crippen LogP) is 5.59. The Morgan fingerprint density at radius 2 is 1.79 bits per heavy atom. The molecule has 5 heteroatoms. The number of carboxylic acids is 1. The number of aromatic hydroxyl groups is 1. The van der Waals surface area contributed by atoms with E-state index in [9.17, 15) is 14.7 Å². The molecule has 5 nitrogen and oxygen atoms in total. The molecule has 0 radical (unpaired) electrons. The number of furan rings is 1. The molecule has 0 aliphatic heterocycles. The van der Waals surface area contributed by atoms with E-state index in [1.54, 1.807) is 24.3 Å². The summed E-state index contributed by atoms with van der Waals surface area (Å²) in [5.74, 6) is -0.734. The van der Waals surface area contributed by atoms with Crippen LogP contribution in [0.2, 0.25) is 0 Å². The molecular weight excluding hydrogens is 368 g/mol. The Kier molecular flexibility index (Phi) is 6.29. The van der Waals surface area contributed by atoms with Crippen LogP contribution in [0.3, 0.4) is 0 Å². The maximum absolute atomic E-state index is 12.4. The van der Waals surface area contributed by atoms with Crippen molar-refractivity contribution in [3.8, 4) is 17.1 Å². The van der Waals surface area contributed by atoms with Gasteiger partial charge in [-0.3, -0.25) is 4.79 Å². The summed E-state index contributed by atoms with van der Waals surface area (Å²) in [4.78, 5) is 23.5. The number of carbonyl (C=O) groups excluding carboxylic acids is 1. The standard InChI is InChI=1S/C24H22O5/c1-2-3-4-16-5-7-17(8-6-16)21(25)13-10-19-11-14-23(29-19)18-9-12-22(26)20(15-18)24(27)28/h5-15,26H,2-4H2,1H3,(H,27,28)/b13-10+. The van der Waals surface area contributed by atoms with Gasteiger partial charge in [0.15, 0.2) is 5.78 Å². The number of unbranched alkanes of at least 4 members (excludes halogenated alkanes) is 1. The summed E-state index contributed by atoms with van der Waals surface area (Å²) in [5, 5.41) is 18.7. The minimum Gasteiger partial charge on any atom is -0.507 e. The lowest BCUT2D eigenvalue weighted by Gasteiger charge is -2.02. The summed E-state index contributed by atoms with van der Waals surface area (Å²) >= 11 is 0. The lowest BCUT2D eigenvalue weighted by Crippen LogP contribution is -1.96. The van der Waals surface area contributed by atoms with E-state index in [4.69, 9.17) is 9.52 Å². The van der Waals surface area contributed by atoms with Crippen LogP contribution in [0.15, 0.2) is 65.1 Å². The Bertz CT molecular complexity index is 1040. The quantitative estimate of drug-likeness (QED) is 0.387. The number of carboxylic acid groups (broad SMARTS) is 1. The number of phenols is 1. The molecule has 0 fully saturated rings. The van der Waals surface area contributed by atoms with E-state index in [0.29, 0.717) is 22.6 Å². The topological polar surface area (TPSA) is 87.7 Å². The molecule has 0 saturated carbocycles. The SMILES string of the molecule is CCCCc1ccc(C(=O)/C=C/c2ccc(-c3ccc(O)c(C(=O)O)c3)o2)cc1. The Morgan fingerprint density at radius 1 is 1.03 bits per heavy atom. The molecule has 0 unspecified atom stereocenters. The number of ketones is 1. The van der Waals surface area contributed by atoms with Crippen molar-refractivity contribution in [2.45, 2.75) is 26.2 Å². The molecule has 1 heterocycles. The van der Waals surface area contributed by atoms with Crippen LogP contribution < -0.4 is 0 Å². The van der Waals surface area contributed by atoms with Crippen LogP contribution in [0.25, 0.3) is 17.4 Å². The molecular formula is C24H22O5. The molecule has 0 aliphatic carbocycles. The first kappa shape index (κ1) is 20.1. The molecule has 3 aromatic rings. The highest BCUT2D eigenvalue weighted by Gasteiger charge is 2.13. The molecule has 0 amide bonds. The Morgan fingerprint density at radius 3 is 2.48 bits per heavy atom. The molecule has 148 valence electrons. The molecule has 0 aliphatic rings. The number of hydrogen-bond acceptors (Lipinski definition) is 4. The number of aryl methyl sites for hydroxylation is 1. The number of aromatic carboxylic acids is 1. The fourth-order valence-electron chi connectivity index (χ4n) is 2.93. The molecule has 1 aromatic heterocycles. The highest BCUT2D eigenvalue weighted by atomic mass is 16.4. The summed E-state index contributed by atoms with van der Waals surface area (Å²) in [6.45, 7) is 2.15. The lowest BCUT2D eigenvalue weighted by atomic mass is 10.0. The van der Waals surface area contributed by atoms with Gasteiger partial charge in [-0.25, -0.2) is 4.79 Å². The largest absolute Gasteiger partial charge is 0.507 e. The van der Waals surface area contributed by atoms with Gasteiger partial charge in [-0.1, -0.05) is 37.6 Å². The van der Waals surface area contributed by atoms with Gasteiger partial charge in [-0.15, -0.1) is 0 Å². The predicted molar refractivity (Wildman–Crippen MR) is 111 cm³/mol. The van der Waals surface area contributed by atoms with E-state index >= 15 is 0 Å². The van der Waals surface area contributed by atoms with Crippen molar-refractivity contribution in [1.29, 1.82) is 0 Å². The zero-order valence-corrected chi connectivity index (χ0v) is 16.1. The van der Waals surface area contributed by atoms with E-state index in [0.717, 1.165) is 19.3 Å².